The number of nitrogens with zero attached hydrogens (tertiary/aromatic N) is 2. The predicted molar refractivity (Wildman–Crippen MR) is 117 cm³/mol. The van der Waals surface area contributed by atoms with E-state index >= 15 is 0 Å². The van der Waals surface area contributed by atoms with Gasteiger partial charge in [-0.05, 0) is 44.7 Å². The Morgan fingerprint density at radius 3 is 2.97 bits per heavy atom. The van der Waals surface area contributed by atoms with Crippen LogP contribution >= 0.6 is 22.7 Å². The third kappa shape index (κ3) is 4.33. The number of ether oxygens (including phenoxy) is 1. The summed E-state index contributed by atoms with van der Waals surface area (Å²) < 4.78 is 10.7. The van der Waals surface area contributed by atoms with E-state index in [-0.39, 0.29) is 25.1 Å². The summed E-state index contributed by atoms with van der Waals surface area (Å²) in [5.41, 5.74) is 2.04. The Labute approximate surface area is 182 Å². The second kappa shape index (κ2) is 9.11. The smallest absolute Gasteiger partial charge is 0.341 e. The van der Waals surface area contributed by atoms with Gasteiger partial charge in [-0.1, -0.05) is 11.2 Å². The molecule has 1 unspecified atom stereocenters. The Morgan fingerprint density at radius 1 is 1.40 bits per heavy atom. The van der Waals surface area contributed by atoms with Gasteiger partial charge in [0.1, 0.15) is 10.6 Å². The second-order valence-corrected chi connectivity index (χ2v) is 8.93. The van der Waals surface area contributed by atoms with E-state index in [1.807, 2.05) is 35.9 Å². The number of nitrogens with one attached hydrogen (secondary N) is 1. The molecule has 0 bridgehead atoms. The zero-order valence-corrected chi connectivity index (χ0v) is 18.5. The Morgan fingerprint density at radius 2 is 2.27 bits per heavy atom. The van der Waals surface area contributed by atoms with Gasteiger partial charge in [0.05, 0.1) is 24.9 Å². The Bertz CT molecular complexity index is 1030. The number of rotatable bonds is 7. The first-order chi connectivity index (χ1) is 14.6. The minimum Gasteiger partial charge on any atom is -0.462 e. The lowest BCUT2D eigenvalue weighted by atomic mass is 10.1. The summed E-state index contributed by atoms with van der Waals surface area (Å²) in [6, 6.07) is 5.86. The summed E-state index contributed by atoms with van der Waals surface area (Å²) in [6.45, 7) is 4.97. The number of amides is 1. The molecule has 1 aliphatic rings. The SMILES string of the molecule is CCOC(=O)c1c(-c2cccs2)csc1NC(=O)CN1CCCC1c1cc(C)no1. The molecule has 3 aromatic rings. The van der Waals surface area contributed by atoms with E-state index in [0.717, 1.165) is 41.3 Å². The third-order valence-electron chi connectivity index (χ3n) is 5.00. The van der Waals surface area contributed by atoms with Crippen molar-refractivity contribution in [2.45, 2.75) is 32.7 Å². The number of carbonyl (C=O) groups excluding carboxylic acids is 2. The molecule has 30 heavy (non-hydrogen) atoms. The van der Waals surface area contributed by atoms with Crippen LogP contribution in [0.5, 0.6) is 0 Å². The number of likely N-dealkylation sites (tertiary alicyclic amines) is 1. The summed E-state index contributed by atoms with van der Waals surface area (Å²) in [4.78, 5) is 28.5. The van der Waals surface area contributed by atoms with E-state index < -0.39 is 5.97 Å². The summed E-state index contributed by atoms with van der Waals surface area (Å²) in [6.07, 6.45) is 1.92. The van der Waals surface area contributed by atoms with Crippen LogP contribution in [0, 0.1) is 6.92 Å². The molecule has 1 saturated heterocycles. The summed E-state index contributed by atoms with van der Waals surface area (Å²) >= 11 is 2.89. The Kier molecular flexibility index (Phi) is 6.31. The highest BCUT2D eigenvalue weighted by Gasteiger charge is 2.31. The van der Waals surface area contributed by atoms with Gasteiger partial charge in [-0.25, -0.2) is 4.79 Å². The van der Waals surface area contributed by atoms with Gasteiger partial charge >= 0.3 is 5.97 Å². The fourth-order valence-electron chi connectivity index (χ4n) is 3.70. The van der Waals surface area contributed by atoms with Crippen LogP contribution in [-0.4, -0.2) is 41.6 Å². The number of carbonyl (C=O) groups is 2. The number of hydrogen-bond acceptors (Lipinski definition) is 8. The van der Waals surface area contributed by atoms with E-state index in [4.69, 9.17) is 9.26 Å². The maximum Gasteiger partial charge on any atom is 0.341 e. The quantitative estimate of drug-likeness (QED) is 0.530. The van der Waals surface area contributed by atoms with Gasteiger partial charge in [0.25, 0.3) is 0 Å². The Hall–Kier alpha value is -2.49. The van der Waals surface area contributed by atoms with Crippen molar-refractivity contribution in [2.24, 2.45) is 0 Å². The predicted octanol–water partition coefficient (Wildman–Crippen LogP) is 4.73. The third-order valence-corrected chi connectivity index (χ3v) is 6.79. The summed E-state index contributed by atoms with van der Waals surface area (Å²) in [7, 11) is 0. The monoisotopic (exact) mass is 445 g/mol. The normalized spacial score (nSPS) is 16.7. The van der Waals surface area contributed by atoms with Crippen LogP contribution in [0.25, 0.3) is 10.4 Å². The largest absolute Gasteiger partial charge is 0.462 e. The lowest BCUT2D eigenvalue weighted by Crippen LogP contribution is -2.33. The molecule has 1 fully saturated rings. The molecule has 0 spiro atoms. The zero-order valence-electron chi connectivity index (χ0n) is 16.8. The van der Waals surface area contributed by atoms with Gasteiger partial charge in [-0.15, -0.1) is 22.7 Å². The highest BCUT2D eigenvalue weighted by atomic mass is 32.1. The molecule has 9 heteroatoms. The van der Waals surface area contributed by atoms with Gasteiger partial charge in [-0.2, -0.15) is 0 Å². The van der Waals surface area contributed by atoms with Crippen LogP contribution in [0.15, 0.2) is 33.5 Å². The maximum absolute atomic E-state index is 12.8. The Balaban J connectivity index is 1.51. The highest BCUT2D eigenvalue weighted by Crippen LogP contribution is 2.38. The number of esters is 1. The van der Waals surface area contributed by atoms with Crippen molar-refractivity contribution in [2.75, 3.05) is 25.0 Å². The summed E-state index contributed by atoms with van der Waals surface area (Å²) in [5.74, 6) is 0.206. The number of aryl methyl sites for hydroxylation is 1. The van der Waals surface area contributed by atoms with Crippen molar-refractivity contribution in [3.63, 3.8) is 0 Å². The molecule has 4 rings (SSSR count). The van der Waals surface area contributed by atoms with Crippen LogP contribution in [0.2, 0.25) is 0 Å². The van der Waals surface area contributed by atoms with E-state index in [1.165, 1.54) is 11.3 Å². The second-order valence-electron chi connectivity index (χ2n) is 7.10. The summed E-state index contributed by atoms with van der Waals surface area (Å²) in [5, 5.41) is 11.3. The lowest BCUT2D eigenvalue weighted by Gasteiger charge is -2.21. The number of anilines is 1. The number of hydrogen-bond donors (Lipinski definition) is 1. The van der Waals surface area contributed by atoms with Crippen LogP contribution in [0.3, 0.4) is 0 Å². The highest BCUT2D eigenvalue weighted by molar-refractivity contribution is 7.17. The van der Waals surface area contributed by atoms with Gasteiger partial charge in [0.2, 0.25) is 5.91 Å². The molecule has 0 aromatic carbocycles. The molecule has 4 heterocycles. The molecular formula is C21H23N3O4S2. The first-order valence-electron chi connectivity index (χ1n) is 9.86. The van der Waals surface area contributed by atoms with E-state index in [0.29, 0.717) is 10.6 Å². The van der Waals surface area contributed by atoms with E-state index in [2.05, 4.69) is 15.4 Å². The molecule has 3 aromatic heterocycles. The molecule has 1 aliphatic heterocycles. The molecule has 1 N–H and O–H groups in total. The van der Waals surface area contributed by atoms with Crippen LogP contribution in [0.1, 0.15) is 47.6 Å². The van der Waals surface area contributed by atoms with Gasteiger partial charge in [0.15, 0.2) is 5.76 Å². The van der Waals surface area contributed by atoms with Crippen molar-refractivity contribution in [1.29, 1.82) is 0 Å². The average Bonchev–Trinajstić information content (AvgIpc) is 3.48. The van der Waals surface area contributed by atoms with Gasteiger partial charge in [0, 0.05) is 21.9 Å². The minimum absolute atomic E-state index is 0.0477. The molecule has 1 amide bonds. The average molecular weight is 446 g/mol. The number of thiophene rings is 2. The van der Waals surface area contributed by atoms with Crippen LogP contribution in [-0.2, 0) is 9.53 Å². The fraction of sp³-hybridized carbons (Fsp3) is 0.381. The van der Waals surface area contributed by atoms with Crippen LogP contribution < -0.4 is 5.32 Å². The van der Waals surface area contributed by atoms with Gasteiger partial charge < -0.3 is 14.6 Å². The molecule has 1 atom stereocenters. The minimum atomic E-state index is -0.423. The lowest BCUT2D eigenvalue weighted by molar-refractivity contribution is -0.117. The van der Waals surface area contributed by atoms with Gasteiger partial charge in [-0.3, -0.25) is 9.69 Å². The molecule has 7 nitrogen and oxygen atoms in total. The zero-order chi connectivity index (χ0) is 21.1. The fourth-order valence-corrected chi connectivity index (χ4v) is 5.49. The van der Waals surface area contributed by atoms with Crippen molar-refractivity contribution in [3.8, 4) is 10.4 Å². The molecular weight excluding hydrogens is 422 g/mol. The van der Waals surface area contributed by atoms with Crippen LogP contribution in [0.4, 0.5) is 5.00 Å². The van der Waals surface area contributed by atoms with Crippen molar-refractivity contribution < 1.29 is 18.8 Å². The topological polar surface area (TPSA) is 84.7 Å². The molecule has 158 valence electrons. The number of aromatic nitrogens is 1. The van der Waals surface area contributed by atoms with Crippen molar-refractivity contribution in [3.05, 3.63) is 46.0 Å². The molecule has 0 aliphatic carbocycles. The first-order valence-corrected chi connectivity index (χ1v) is 11.6. The molecule has 0 saturated carbocycles. The van der Waals surface area contributed by atoms with E-state index in [9.17, 15) is 9.59 Å². The van der Waals surface area contributed by atoms with E-state index in [1.54, 1.807) is 18.3 Å². The van der Waals surface area contributed by atoms with Crippen molar-refractivity contribution >= 4 is 39.6 Å². The standard InChI is InChI=1S/C21H23N3O4S2/c1-3-27-21(26)19-14(17-7-5-9-29-17)12-30-20(19)22-18(25)11-24-8-4-6-15(24)16-10-13(2)23-28-16/h5,7,9-10,12,15H,3-4,6,8,11H2,1-2H3,(H,22,25). The first kappa shape index (κ1) is 20.8. The van der Waals surface area contributed by atoms with Crippen molar-refractivity contribution in [1.82, 2.24) is 10.1 Å². The maximum atomic E-state index is 12.8. The molecule has 0 radical (unpaired) electrons.